The average molecular weight is 304 g/mol. The predicted octanol–water partition coefficient (Wildman–Crippen LogP) is 1.55. The Balaban J connectivity index is 2.32. The Morgan fingerprint density at radius 3 is 2.81 bits per heavy atom. The van der Waals surface area contributed by atoms with E-state index in [4.69, 9.17) is 11.5 Å². The Hall–Kier alpha value is -2.28. The highest BCUT2D eigenvalue weighted by molar-refractivity contribution is 7.99. The summed E-state index contributed by atoms with van der Waals surface area (Å²) in [5, 5.41) is 0.478. The van der Waals surface area contributed by atoms with Crippen LogP contribution in [0.1, 0.15) is 29.4 Å². The minimum atomic E-state index is -0.587. The van der Waals surface area contributed by atoms with Gasteiger partial charge in [0.25, 0.3) is 11.5 Å². The molecule has 5 N–H and O–H groups in total. The molecule has 0 aliphatic heterocycles. The van der Waals surface area contributed by atoms with Gasteiger partial charge in [0.15, 0.2) is 5.16 Å². The van der Waals surface area contributed by atoms with Crippen molar-refractivity contribution in [3.05, 3.63) is 45.9 Å². The number of carbonyl (C=O) groups is 1. The van der Waals surface area contributed by atoms with Gasteiger partial charge in [-0.1, -0.05) is 25.1 Å². The predicted molar refractivity (Wildman–Crippen MR) is 82.3 cm³/mol. The van der Waals surface area contributed by atoms with Crippen molar-refractivity contribution in [3.63, 3.8) is 0 Å². The van der Waals surface area contributed by atoms with E-state index < -0.39 is 5.91 Å². The summed E-state index contributed by atoms with van der Waals surface area (Å²) in [7, 11) is 0. The number of nitrogens with zero attached hydrogens (tertiary/aromatic N) is 1. The van der Waals surface area contributed by atoms with Crippen molar-refractivity contribution in [3.8, 4) is 0 Å². The van der Waals surface area contributed by atoms with Gasteiger partial charge in [0.1, 0.15) is 0 Å². The van der Waals surface area contributed by atoms with Crippen LogP contribution in [0.2, 0.25) is 0 Å². The Labute approximate surface area is 126 Å². The van der Waals surface area contributed by atoms with E-state index in [1.165, 1.54) is 17.8 Å². The molecule has 0 aliphatic rings. The lowest BCUT2D eigenvalue weighted by atomic mass is 10.2. The van der Waals surface area contributed by atoms with E-state index in [1.807, 2.05) is 6.92 Å². The van der Waals surface area contributed by atoms with Gasteiger partial charge in [0.2, 0.25) is 0 Å². The van der Waals surface area contributed by atoms with E-state index in [2.05, 4.69) is 9.97 Å². The van der Waals surface area contributed by atoms with Crippen LogP contribution in [0.5, 0.6) is 0 Å². The zero-order valence-electron chi connectivity index (χ0n) is 11.6. The quantitative estimate of drug-likeness (QED) is 0.572. The molecule has 0 atom stereocenters. The summed E-state index contributed by atoms with van der Waals surface area (Å²) in [6.07, 6.45) is 1.65. The lowest BCUT2D eigenvalue weighted by molar-refractivity contribution is 0.100. The fourth-order valence-corrected chi connectivity index (χ4v) is 2.69. The number of hydrogen-bond donors (Lipinski definition) is 3. The summed E-state index contributed by atoms with van der Waals surface area (Å²) in [5.41, 5.74) is 12.1. The molecule has 0 unspecified atom stereocenters. The number of nitrogens with one attached hydrogen (secondary N) is 1. The van der Waals surface area contributed by atoms with Gasteiger partial charge < -0.3 is 16.5 Å². The number of carbonyl (C=O) groups excluding carboxylic acids is 1. The lowest BCUT2D eigenvalue weighted by Crippen LogP contribution is -2.13. The van der Waals surface area contributed by atoms with E-state index >= 15 is 0 Å². The molecule has 7 heteroatoms. The van der Waals surface area contributed by atoms with Gasteiger partial charge in [-0.2, -0.15) is 0 Å². The van der Waals surface area contributed by atoms with Crippen molar-refractivity contribution in [2.24, 2.45) is 5.73 Å². The van der Waals surface area contributed by atoms with Gasteiger partial charge in [0, 0.05) is 22.3 Å². The van der Waals surface area contributed by atoms with Crippen LogP contribution in [0.25, 0.3) is 0 Å². The maximum Gasteiger partial charge on any atom is 0.251 e. The normalized spacial score (nSPS) is 10.5. The summed E-state index contributed by atoms with van der Waals surface area (Å²) in [6, 6.07) is 6.44. The highest BCUT2D eigenvalue weighted by atomic mass is 32.2. The van der Waals surface area contributed by atoms with Gasteiger partial charge in [-0.05, 0) is 24.6 Å². The standard InChI is InChI=1S/C14H16N4O2S/c1-2-3-8-6-12(19)18-14(17-8)21-9-4-5-11(15)10(7-9)13(16)20/h4-7H,2-3,15H2,1H3,(H2,16,20)(H,17,18,19). The molecule has 110 valence electrons. The third-order valence-corrected chi connectivity index (χ3v) is 3.66. The summed E-state index contributed by atoms with van der Waals surface area (Å²) >= 11 is 1.25. The van der Waals surface area contributed by atoms with Crippen molar-refractivity contribution >= 4 is 23.4 Å². The molecular formula is C14H16N4O2S. The largest absolute Gasteiger partial charge is 0.398 e. The molecule has 0 saturated heterocycles. The molecule has 1 aromatic heterocycles. The van der Waals surface area contributed by atoms with Gasteiger partial charge in [-0.25, -0.2) is 4.98 Å². The molecule has 1 aromatic carbocycles. The first-order chi connectivity index (χ1) is 9.99. The number of primary amides is 1. The molecule has 1 amide bonds. The minimum absolute atomic E-state index is 0.193. The van der Waals surface area contributed by atoms with Crippen LogP contribution in [0.15, 0.2) is 39.1 Å². The molecule has 6 nitrogen and oxygen atoms in total. The number of rotatable bonds is 5. The molecular weight excluding hydrogens is 288 g/mol. The summed E-state index contributed by atoms with van der Waals surface area (Å²) in [5.74, 6) is -0.587. The molecule has 0 fully saturated rings. The topological polar surface area (TPSA) is 115 Å². The molecule has 1 heterocycles. The second-order valence-electron chi connectivity index (χ2n) is 4.51. The van der Waals surface area contributed by atoms with E-state index in [0.717, 1.165) is 23.4 Å². The van der Waals surface area contributed by atoms with Crippen molar-refractivity contribution < 1.29 is 4.79 Å². The lowest BCUT2D eigenvalue weighted by Gasteiger charge is -2.06. The molecule has 0 spiro atoms. The number of benzene rings is 1. The second-order valence-corrected chi connectivity index (χ2v) is 5.57. The maximum atomic E-state index is 11.6. The number of nitrogen functional groups attached to an aromatic ring is 1. The minimum Gasteiger partial charge on any atom is -0.398 e. The van der Waals surface area contributed by atoms with Crippen molar-refractivity contribution in [1.82, 2.24) is 9.97 Å². The van der Waals surface area contributed by atoms with Gasteiger partial charge >= 0.3 is 0 Å². The van der Waals surface area contributed by atoms with Crippen LogP contribution in [0.3, 0.4) is 0 Å². The molecule has 0 bridgehead atoms. The fourth-order valence-electron chi connectivity index (χ4n) is 1.84. The zero-order valence-corrected chi connectivity index (χ0v) is 12.4. The Bertz CT molecular complexity index is 727. The summed E-state index contributed by atoms with van der Waals surface area (Å²) in [4.78, 5) is 30.7. The summed E-state index contributed by atoms with van der Waals surface area (Å²) < 4.78 is 0. The SMILES string of the molecule is CCCc1cc(=O)[nH]c(Sc2ccc(N)c(C(N)=O)c2)n1. The van der Waals surface area contributed by atoms with Crippen LogP contribution in [0, 0.1) is 0 Å². The average Bonchev–Trinajstić information content (AvgIpc) is 2.40. The number of aromatic nitrogens is 2. The van der Waals surface area contributed by atoms with E-state index in [0.29, 0.717) is 10.8 Å². The smallest absolute Gasteiger partial charge is 0.251 e. The molecule has 0 saturated carbocycles. The number of aryl methyl sites for hydroxylation is 1. The molecule has 2 rings (SSSR count). The van der Waals surface area contributed by atoms with E-state index in [9.17, 15) is 9.59 Å². The first kappa shape index (κ1) is 15.1. The van der Waals surface area contributed by atoms with Crippen molar-refractivity contribution in [2.75, 3.05) is 5.73 Å². The van der Waals surface area contributed by atoms with E-state index in [1.54, 1.807) is 18.2 Å². The van der Waals surface area contributed by atoms with Crippen LogP contribution in [-0.4, -0.2) is 15.9 Å². The number of anilines is 1. The van der Waals surface area contributed by atoms with E-state index in [-0.39, 0.29) is 11.1 Å². The number of nitrogens with two attached hydrogens (primary N) is 2. The Morgan fingerprint density at radius 2 is 2.14 bits per heavy atom. The van der Waals surface area contributed by atoms with Crippen LogP contribution in [-0.2, 0) is 6.42 Å². The monoisotopic (exact) mass is 304 g/mol. The third kappa shape index (κ3) is 3.85. The molecule has 0 radical (unpaired) electrons. The first-order valence-corrected chi connectivity index (χ1v) is 7.28. The zero-order chi connectivity index (χ0) is 15.4. The Kier molecular flexibility index (Phi) is 4.64. The van der Waals surface area contributed by atoms with Crippen LogP contribution < -0.4 is 17.0 Å². The van der Waals surface area contributed by atoms with Gasteiger partial charge in [-0.15, -0.1) is 0 Å². The van der Waals surface area contributed by atoms with Gasteiger partial charge in [-0.3, -0.25) is 9.59 Å². The number of H-pyrrole nitrogens is 1. The third-order valence-electron chi connectivity index (χ3n) is 2.78. The van der Waals surface area contributed by atoms with Crippen molar-refractivity contribution in [1.29, 1.82) is 0 Å². The number of amides is 1. The fraction of sp³-hybridized carbons (Fsp3) is 0.214. The Morgan fingerprint density at radius 1 is 1.38 bits per heavy atom. The molecule has 0 aliphatic carbocycles. The number of hydrogen-bond acceptors (Lipinski definition) is 5. The van der Waals surface area contributed by atoms with Crippen molar-refractivity contribution in [2.45, 2.75) is 29.8 Å². The molecule has 21 heavy (non-hydrogen) atoms. The van der Waals surface area contributed by atoms with Crippen LogP contribution >= 0.6 is 11.8 Å². The second kappa shape index (κ2) is 6.45. The number of aromatic amines is 1. The van der Waals surface area contributed by atoms with Crippen LogP contribution in [0.4, 0.5) is 5.69 Å². The maximum absolute atomic E-state index is 11.6. The van der Waals surface area contributed by atoms with Gasteiger partial charge in [0.05, 0.1) is 5.56 Å². The summed E-state index contributed by atoms with van der Waals surface area (Å²) in [6.45, 7) is 2.02. The highest BCUT2D eigenvalue weighted by Gasteiger charge is 2.09. The molecule has 2 aromatic rings. The highest BCUT2D eigenvalue weighted by Crippen LogP contribution is 2.27. The first-order valence-electron chi connectivity index (χ1n) is 6.47.